The summed E-state index contributed by atoms with van der Waals surface area (Å²) in [6, 6.07) is 6.90. The average molecular weight is 401 g/mol. The van der Waals surface area contributed by atoms with Crippen LogP contribution in [0, 0.1) is 0 Å². The SMILES string of the molecule is O=C(CC1SC(N2CCCCC2)=NC1=O)Nc1ccc(C(=O)N2CCC2)cc1. The highest BCUT2D eigenvalue weighted by Crippen LogP contribution is 2.29. The van der Waals surface area contributed by atoms with Gasteiger partial charge >= 0.3 is 0 Å². The van der Waals surface area contributed by atoms with Crippen LogP contribution in [-0.2, 0) is 9.59 Å². The third-order valence-electron chi connectivity index (χ3n) is 5.29. The van der Waals surface area contributed by atoms with Gasteiger partial charge in [0, 0.05) is 43.9 Å². The predicted molar refractivity (Wildman–Crippen MR) is 109 cm³/mol. The molecule has 3 amide bonds. The first-order valence-electron chi connectivity index (χ1n) is 9.83. The van der Waals surface area contributed by atoms with E-state index in [4.69, 9.17) is 0 Å². The number of piperidine rings is 1. The van der Waals surface area contributed by atoms with Crippen LogP contribution in [0.2, 0.25) is 0 Å². The van der Waals surface area contributed by atoms with Crippen LogP contribution >= 0.6 is 11.8 Å². The number of aliphatic imine (C=N–C) groups is 1. The van der Waals surface area contributed by atoms with Crippen LogP contribution < -0.4 is 5.32 Å². The average Bonchev–Trinajstić information content (AvgIpc) is 3.02. The molecule has 28 heavy (non-hydrogen) atoms. The monoisotopic (exact) mass is 400 g/mol. The molecule has 1 aromatic rings. The first-order valence-corrected chi connectivity index (χ1v) is 10.7. The molecule has 7 nitrogen and oxygen atoms in total. The number of carbonyl (C=O) groups excluding carboxylic acids is 3. The Bertz CT molecular complexity index is 798. The molecule has 0 spiro atoms. The molecule has 0 saturated carbocycles. The van der Waals surface area contributed by atoms with Crippen molar-refractivity contribution in [3.63, 3.8) is 0 Å². The van der Waals surface area contributed by atoms with E-state index in [1.807, 2.05) is 0 Å². The van der Waals surface area contributed by atoms with E-state index in [1.165, 1.54) is 18.2 Å². The smallest absolute Gasteiger partial charge is 0.262 e. The number of hydrogen-bond acceptors (Lipinski definition) is 5. The second kappa shape index (κ2) is 8.34. The molecule has 8 heteroatoms. The summed E-state index contributed by atoms with van der Waals surface area (Å²) in [4.78, 5) is 44.8. The van der Waals surface area contributed by atoms with Gasteiger partial charge in [0.2, 0.25) is 5.91 Å². The van der Waals surface area contributed by atoms with Crippen molar-refractivity contribution in [3.05, 3.63) is 29.8 Å². The second-order valence-corrected chi connectivity index (χ2v) is 8.53. The fraction of sp³-hybridized carbons (Fsp3) is 0.500. The van der Waals surface area contributed by atoms with Gasteiger partial charge < -0.3 is 15.1 Å². The molecule has 0 radical (unpaired) electrons. The van der Waals surface area contributed by atoms with Crippen LogP contribution in [0.15, 0.2) is 29.3 Å². The van der Waals surface area contributed by atoms with Crippen LogP contribution in [0.4, 0.5) is 5.69 Å². The minimum Gasteiger partial charge on any atom is -0.351 e. The lowest BCUT2D eigenvalue weighted by molar-refractivity contribution is -0.121. The van der Waals surface area contributed by atoms with E-state index in [1.54, 1.807) is 29.2 Å². The second-order valence-electron chi connectivity index (χ2n) is 7.36. The zero-order valence-corrected chi connectivity index (χ0v) is 16.5. The molecule has 1 aromatic carbocycles. The van der Waals surface area contributed by atoms with Gasteiger partial charge in [-0.1, -0.05) is 11.8 Å². The maximum atomic E-state index is 12.4. The van der Waals surface area contributed by atoms with Crippen molar-refractivity contribution >= 4 is 40.3 Å². The molecule has 3 aliphatic rings. The molecule has 1 unspecified atom stereocenters. The van der Waals surface area contributed by atoms with Gasteiger partial charge in [-0.2, -0.15) is 4.99 Å². The number of amides is 3. The van der Waals surface area contributed by atoms with Crippen LogP contribution in [0.3, 0.4) is 0 Å². The Morgan fingerprint density at radius 1 is 1.04 bits per heavy atom. The predicted octanol–water partition coefficient (Wildman–Crippen LogP) is 2.34. The van der Waals surface area contributed by atoms with Crippen LogP contribution in [-0.4, -0.2) is 64.1 Å². The summed E-state index contributed by atoms with van der Waals surface area (Å²) in [5, 5.41) is 3.12. The fourth-order valence-electron chi connectivity index (χ4n) is 3.51. The van der Waals surface area contributed by atoms with Crippen molar-refractivity contribution in [3.8, 4) is 0 Å². The van der Waals surface area contributed by atoms with E-state index < -0.39 is 5.25 Å². The number of hydrogen-bond donors (Lipinski definition) is 1. The molecule has 2 fully saturated rings. The Morgan fingerprint density at radius 2 is 1.75 bits per heavy atom. The molecule has 148 valence electrons. The largest absolute Gasteiger partial charge is 0.351 e. The van der Waals surface area contributed by atoms with Gasteiger partial charge in [-0.25, -0.2) is 0 Å². The molecule has 3 aliphatic heterocycles. The van der Waals surface area contributed by atoms with E-state index in [-0.39, 0.29) is 24.1 Å². The van der Waals surface area contributed by atoms with Crippen molar-refractivity contribution in [2.75, 3.05) is 31.5 Å². The molecule has 2 saturated heterocycles. The summed E-state index contributed by atoms with van der Waals surface area (Å²) in [5.41, 5.74) is 1.25. The molecular weight excluding hydrogens is 376 g/mol. The number of nitrogens with one attached hydrogen (secondary N) is 1. The van der Waals surface area contributed by atoms with Crippen LogP contribution in [0.25, 0.3) is 0 Å². The first-order chi connectivity index (χ1) is 13.6. The number of amidine groups is 1. The number of likely N-dealkylation sites (tertiary alicyclic amines) is 2. The number of benzene rings is 1. The fourth-order valence-corrected chi connectivity index (χ4v) is 4.63. The van der Waals surface area contributed by atoms with Gasteiger partial charge in [-0.05, 0) is 49.9 Å². The van der Waals surface area contributed by atoms with E-state index >= 15 is 0 Å². The highest BCUT2D eigenvalue weighted by Gasteiger charge is 2.33. The standard InChI is InChI=1S/C20H24N4O3S/c25-17(13-16-18(26)22-20(28-16)24-9-2-1-3-10-24)21-15-7-5-14(6-8-15)19(27)23-11-4-12-23/h5-8,16H,1-4,9-13H2,(H,21,25). The lowest BCUT2D eigenvalue weighted by Crippen LogP contribution is -2.41. The van der Waals surface area contributed by atoms with Gasteiger partial charge in [0.05, 0.1) is 0 Å². The topological polar surface area (TPSA) is 82.1 Å². The maximum Gasteiger partial charge on any atom is 0.262 e. The zero-order valence-electron chi connectivity index (χ0n) is 15.7. The maximum absolute atomic E-state index is 12.4. The van der Waals surface area contributed by atoms with Gasteiger partial charge in [-0.3, -0.25) is 14.4 Å². The van der Waals surface area contributed by atoms with Crippen LogP contribution in [0.5, 0.6) is 0 Å². The van der Waals surface area contributed by atoms with E-state index in [9.17, 15) is 14.4 Å². The normalized spacial score (nSPS) is 21.9. The molecule has 0 aliphatic carbocycles. The lowest BCUT2D eigenvalue weighted by Gasteiger charge is -2.30. The highest BCUT2D eigenvalue weighted by atomic mass is 32.2. The number of carbonyl (C=O) groups is 3. The van der Waals surface area contributed by atoms with E-state index in [2.05, 4.69) is 15.2 Å². The minimum atomic E-state index is -0.454. The lowest BCUT2D eigenvalue weighted by atomic mass is 10.1. The molecule has 3 heterocycles. The van der Waals surface area contributed by atoms with Crippen molar-refractivity contribution in [2.24, 2.45) is 4.99 Å². The Morgan fingerprint density at radius 3 is 2.39 bits per heavy atom. The summed E-state index contributed by atoms with van der Waals surface area (Å²) >= 11 is 1.40. The third kappa shape index (κ3) is 4.22. The first kappa shape index (κ1) is 19.0. The molecule has 4 rings (SSSR count). The van der Waals surface area contributed by atoms with Crippen molar-refractivity contribution in [1.82, 2.24) is 9.80 Å². The number of rotatable bonds is 4. The van der Waals surface area contributed by atoms with Crippen molar-refractivity contribution in [2.45, 2.75) is 37.4 Å². The Balaban J connectivity index is 1.28. The molecule has 1 N–H and O–H groups in total. The minimum absolute atomic E-state index is 0.0273. The Labute approximate surface area is 168 Å². The highest BCUT2D eigenvalue weighted by molar-refractivity contribution is 8.15. The third-order valence-corrected chi connectivity index (χ3v) is 6.50. The van der Waals surface area contributed by atoms with Gasteiger partial charge in [0.1, 0.15) is 5.25 Å². The summed E-state index contributed by atoms with van der Waals surface area (Å²) in [6.45, 7) is 3.48. The molecule has 1 atom stereocenters. The zero-order chi connectivity index (χ0) is 19.5. The van der Waals surface area contributed by atoms with Gasteiger partial charge in [0.15, 0.2) is 5.17 Å². The number of thioether (sulfide) groups is 1. The molecular formula is C20H24N4O3S. The van der Waals surface area contributed by atoms with Gasteiger partial charge in [-0.15, -0.1) is 0 Å². The summed E-state index contributed by atoms with van der Waals surface area (Å²) in [6.07, 6.45) is 4.61. The summed E-state index contributed by atoms with van der Waals surface area (Å²) in [5.74, 6) is -0.418. The van der Waals surface area contributed by atoms with Crippen molar-refractivity contribution in [1.29, 1.82) is 0 Å². The summed E-state index contributed by atoms with van der Waals surface area (Å²) in [7, 11) is 0. The quantitative estimate of drug-likeness (QED) is 0.839. The van der Waals surface area contributed by atoms with Crippen molar-refractivity contribution < 1.29 is 14.4 Å². The molecule has 0 aromatic heterocycles. The Kier molecular flexibility index (Phi) is 5.66. The van der Waals surface area contributed by atoms with Crippen LogP contribution in [0.1, 0.15) is 42.5 Å². The number of anilines is 1. The van der Waals surface area contributed by atoms with Gasteiger partial charge in [0.25, 0.3) is 11.8 Å². The Hall–Kier alpha value is -2.35. The summed E-state index contributed by atoms with van der Waals surface area (Å²) < 4.78 is 0. The molecule has 0 bridgehead atoms. The number of nitrogens with zero attached hydrogens (tertiary/aromatic N) is 3. The van der Waals surface area contributed by atoms with E-state index in [0.717, 1.165) is 50.6 Å². The van der Waals surface area contributed by atoms with E-state index in [0.29, 0.717) is 11.3 Å².